The zero-order chi connectivity index (χ0) is 13.7. The molecule has 3 unspecified atom stereocenters. The number of hydrogen-bond acceptors (Lipinski definition) is 4. The normalized spacial score (nSPS) is 36.8. The fraction of sp³-hybridized carbons (Fsp3) is 1.00. The van der Waals surface area contributed by atoms with Crippen LogP contribution in [0.1, 0.15) is 46.0 Å². The lowest BCUT2D eigenvalue weighted by Crippen LogP contribution is -2.49. The molecule has 1 saturated carbocycles. The Hall–Kier alpha value is -0.160. The highest BCUT2D eigenvalue weighted by Crippen LogP contribution is 2.34. The fourth-order valence-corrected chi connectivity index (χ4v) is 3.81. The minimum absolute atomic E-state index is 0.0298. The average Bonchev–Trinajstić information content (AvgIpc) is 2.85. The van der Waals surface area contributed by atoms with Crippen molar-refractivity contribution < 1.29 is 9.84 Å². The topological polar surface area (TPSA) is 44.7 Å². The van der Waals surface area contributed by atoms with Crippen molar-refractivity contribution in [1.82, 2.24) is 10.2 Å². The Balaban J connectivity index is 1.89. The summed E-state index contributed by atoms with van der Waals surface area (Å²) in [5.74, 6) is 0. The molecule has 0 spiro atoms. The Morgan fingerprint density at radius 1 is 1.37 bits per heavy atom. The quantitative estimate of drug-likeness (QED) is 0.765. The largest absolute Gasteiger partial charge is 0.394 e. The first kappa shape index (κ1) is 15.2. The molecule has 19 heavy (non-hydrogen) atoms. The second-order valence-electron chi connectivity index (χ2n) is 6.08. The van der Waals surface area contributed by atoms with Crippen molar-refractivity contribution in [1.29, 1.82) is 0 Å². The summed E-state index contributed by atoms with van der Waals surface area (Å²) in [6.07, 6.45) is 6.24. The molecule has 0 aromatic heterocycles. The lowest BCUT2D eigenvalue weighted by Gasteiger charge is -2.37. The van der Waals surface area contributed by atoms with Crippen LogP contribution in [0.2, 0.25) is 0 Å². The van der Waals surface area contributed by atoms with E-state index in [-0.39, 0.29) is 12.1 Å². The SMILES string of the molecule is CCNC1(CO)CCC(N2CCCC(OCC)C2)C1. The van der Waals surface area contributed by atoms with E-state index in [2.05, 4.69) is 24.1 Å². The monoisotopic (exact) mass is 270 g/mol. The maximum Gasteiger partial charge on any atom is 0.0702 e. The molecule has 1 saturated heterocycles. The number of aliphatic hydroxyl groups excluding tert-OH is 1. The predicted octanol–water partition coefficient (Wildman–Crippen LogP) is 1.38. The molecule has 3 atom stereocenters. The summed E-state index contributed by atoms with van der Waals surface area (Å²) in [6, 6.07) is 0.620. The van der Waals surface area contributed by atoms with E-state index >= 15 is 0 Å². The summed E-state index contributed by atoms with van der Waals surface area (Å²) in [5, 5.41) is 13.2. The van der Waals surface area contributed by atoms with E-state index in [1.165, 1.54) is 25.8 Å². The zero-order valence-corrected chi connectivity index (χ0v) is 12.5. The minimum Gasteiger partial charge on any atom is -0.394 e. The molecule has 2 N–H and O–H groups in total. The van der Waals surface area contributed by atoms with E-state index in [9.17, 15) is 5.11 Å². The number of rotatable bonds is 6. The molecule has 2 aliphatic rings. The van der Waals surface area contributed by atoms with Gasteiger partial charge in [-0.2, -0.15) is 0 Å². The molecule has 0 amide bonds. The molecule has 2 rings (SSSR count). The summed E-state index contributed by atoms with van der Waals surface area (Å²) in [7, 11) is 0. The van der Waals surface area contributed by atoms with Crippen molar-refractivity contribution >= 4 is 0 Å². The van der Waals surface area contributed by atoms with E-state index in [1.807, 2.05) is 0 Å². The van der Waals surface area contributed by atoms with Crippen molar-refractivity contribution in [2.45, 2.75) is 63.6 Å². The van der Waals surface area contributed by atoms with Crippen molar-refractivity contribution in [3.63, 3.8) is 0 Å². The minimum atomic E-state index is -0.0298. The smallest absolute Gasteiger partial charge is 0.0702 e. The number of likely N-dealkylation sites (tertiary alicyclic amines) is 1. The number of likely N-dealkylation sites (N-methyl/N-ethyl adjacent to an activating group) is 1. The molecular weight excluding hydrogens is 240 g/mol. The van der Waals surface area contributed by atoms with Gasteiger partial charge in [-0.3, -0.25) is 4.90 Å². The Morgan fingerprint density at radius 2 is 2.21 bits per heavy atom. The Labute approximate surface area is 117 Å². The van der Waals surface area contributed by atoms with Crippen LogP contribution < -0.4 is 5.32 Å². The maximum atomic E-state index is 9.69. The third-order valence-corrected chi connectivity index (χ3v) is 4.77. The van der Waals surface area contributed by atoms with E-state index in [1.54, 1.807) is 0 Å². The third-order valence-electron chi connectivity index (χ3n) is 4.77. The summed E-state index contributed by atoms with van der Waals surface area (Å²) in [5.41, 5.74) is -0.0298. The molecule has 4 heteroatoms. The number of hydrogen-bond donors (Lipinski definition) is 2. The Morgan fingerprint density at radius 3 is 2.89 bits per heavy atom. The highest BCUT2D eigenvalue weighted by Gasteiger charge is 2.41. The van der Waals surface area contributed by atoms with Crippen molar-refractivity contribution in [2.75, 3.05) is 32.8 Å². The number of piperidine rings is 1. The van der Waals surface area contributed by atoms with Gasteiger partial charge in [0.25, 0.3) is 0 Å². The molecular formula is C15H30N2O2. The molecule has 4 nitrogen and oxygen atoms in total. The molecule has 2 fully saturated rings. The highest BCUT2D eigenvalue weighted by molar-refractivity contribution is 5.00. The third kappa shape index (κ3) is 3.69. The number of ether oxygens (including phenoxy) is 1. The number of aliphatic hydroxyl groups is 1. The van der Waals surface area contributed by atoms with Crippen molar-refractivity contribution in [3.8, 4) is 0 Å². The summed E-state index contributed by atoms with van der Waals surface area (Å²) in [4.78, 5) is 2.60. The van der Waals surface area contributed by atoms with E-state index in [0.717, 1.165) is 32.5 Å². The van der Waals surface area contributed by atoms with Crippen molar-refractivity contribution in [2.24, 2.45) is 0 Å². The first-order chi connectivity index (χ1) is 9.23. The molecule has 0 bridgehead atoms. The second kappa shape index (κ2) is 7.02. The number of nitrogens with zero attached hydrogens (tertiary/aromatic N) is 1. The van der Waals surface area contributed by atoms with Crippen LogP contribution in [0.4, 0.5) is 0 Å². The van der Waals surface area contributed by atoms with E-state index in [4.69, 9.17) is 4.74 Å². The summed E-state index contributed by atoms with van der Waals surface area (Å²) >= 11 is 0. The summed E-state index contributed by atoms with van der Waals surface area (Å²) < 4.78 is 5.79. The standard InChI is InChI=1S/C15H30N2O2/c1-3-16-15(12-18)8-7-13(10-15)17-9-5-6-14(11-17)19-4-2/h13-14,16,18H,3-12H2,1-2H3. The van der Waals surface area contributed by atoms with Gasteiger partial charge in [0.15, 0.2) is 0 Å². The maximum absolute atomic E-state index is 9.69. The van der Waals surface area contributed by atoms with Gasteiger partial charge < -0.3 is 15.2 Å². The van der Waals surface area contributed by atoms with E-state index < -0.39 is 0 Å². The van der Waals surface area contributed by atoms with Gasteiger partial charge in [-0.25, -0.2) is 0 Å². The van der Waals surface area contributed by atoms with Gasteiger partial charge in [0.1, 0.15) is 0 Å². The second-order valence-corrected chi connectivity index (χ2v) is 6.08. The van der Waals surface area contributed by atoms with Gasteiger partial charge in [-0.05, 0) is 52.1 Å². The predicted molar refractivity (Wildman–Crippen MR) is 77.4 cm³/mol. The van der Waals surface area contributed by atoms with Crippen LogP contribution in [0.5, 0.6) is 0 Å². The first-order valence-electron chi connectivity index (χ1n) is 7.94. The van der Waals surface area contributed by atoms with Crippen LogP contribution in [0.15, 0.2) is 0 Å². The first-order valence-corrected chi connectivity index (χ1v) is 7.94. The fourth-order valence-electron chi connectivity index (χ4n) is 3.81. The van der Waals surface area contributed by atoms with Crippen molar-refractivity contribution in [3.05, 3.63) is 0 Å². The van der Waals surface area contributed by atoms with Crippen LogP contribution >= 0.6 is 0 Å². The average molecular weight is 270 g/mol. The van der Waals surface area contributed by atoms with Gasteiger partial charge in [0.05, 0.1) is 12.7 Å². The van der Waals surface area contributed by atoms with Crippen LogP contribution in [0, 0.1) is 0 Å². The zero-order valence-electron chi connectivity index (χ0n) is 12.5. The molecule has 0 radical (unpaired) electrons. The van der Waals surface area contributed by atoms with Crippen LogP contribution in [0.25, 0.3) is 0 Å². The molecule has 1 heterocycles. The molecule has 0 aromatic carbocycles. The Bertz CT molecular complexity index is 273. The molecule has 112 valence electrons. The van der Waals surface area contributed by atoms with Crippen LogP contribution in [0.3, 0.4) is 0 Å². The van der Waals surface area contributed by atoms with Crippen LogP contribution in [-0.2, 0) is 4.74 Å². The van der Waals surface area contributed by atoms with Gasteiger partial charge in [-0.1, -0.05) is 6.92 Å². The van der Waals surface area contributed by atoms with Gasteiger partial charge >= 0.3 is 0 Å². The lowest BCUT2D eigenvalue weighted by atomic mass is 9.97. The molecule has 1 aliphatic heterocycles. The van der Waals surface area contributed by atoms with Crippen LogP contribution in [-0.4, -0.2) is 60.5 Å². The number of nitrogens with one attached hydrogen (secondary N) is 1. The Kier molecular flexibility index (Phi) is 5.63. The van der Waals surface area contributed by atoms with Gasteiger partial charge in [0.2, 0.25) is 0 Å². The lowest BCUT2D eigenvalue weighted by molar-refractivity contribution is -0.00801. The highest BCUT2D eigenvalue weighted by atomic mass is 16.5. The van der Waals surface area contributed by atoms with Gasteiger partial charge in [-0.15, -0.1) is 0 Å². The molecule has 0 aromatic rings. The van der Waals surface area contributed by atoms with Gasteiger partial charge in [0, 0.05) is 24.7 Å². The van der Waals surface area contributed by atoms with E-state index in [0.29, 0.717) is 12.1 Å². The molecule has 1 aliphatic carbocycles. The summed E-state index contributed by atoms with van der Waals surface area (Å²) in [6.45, 7) is 8.50.